The van der Waals surface area contributed by atoms with Crippen molar-refractivity contribution >= 4 is 40.0 Å². The van der Waals surface area contributed by atoms with Gasteiger partial charge in [-0.15, -0.1) is 0 Å². The van der Waals surface area contributed by atoms with E-state index in [9.17, 15) is 9.59 Å². The molecule has 0 atom stereocenters. The van der Waals surface area contributed by atoms with Crippen LogP contribution in [0.2, 0.25) is 5.02 Å². The van der Waals surface area contributed by atoms with Gasteiger partial charge in [-0.2, -0.15) is 0 Å². The second-order valence-corrected chi connectivity index (χ2v) is 6.01. The normalized spacial score (nSPS) is 10.8. The monoisotopic (exact) mass is 357 g/mol. The van der Waals surface area contributed by atoms with Crippen LogP contribution in [0.3, 0.4) is 0 Å². The van der Waals surface area contributed by atoms with Crippen LogP contribution in [0.15, 0.2) is 46.9 Å². The summed E-state index contributed by atoms with van der Waals surface area (Å²) in [5.41, 5.74) is 8.06. The molecule has 0 radical (unpaired) electrons. The number of ether oxygens (including phenoxy) is 1. The lowest BCUT2D eigenvalue weighted by atomic mass is 10.00. The van der Waals surface area contributed by atoms with Gasteiger partial charge in [-0.3, -0.25) is 9.59 Å². The number of carbonyl (C=O) groups excluding carboxylic acids is 2. The fraction of sp³-hybridized carbons (Fsp3) is 0.158. The number of aryl methyl sites for hydroxylation is 1. The third kappa shape index (κ3) is 3.51. The third-order valence-electron chi connectivity index (χ3n) is 3.93. The standard InChI is InChI=1S/C19H16ClNO4/c1-24-17(22)9-7-14-15-10-13(21)6-8-16(15)25-19(14)18(23)11-2-4-12(20)5-3-11/h2-6,8,10H,7,9,21H2,1H3. The Labute approximate surface area is 149 Å². The number of hydrogen-bond acceptors (Lipinski definition) is 5. The molecule has 0 fully saturated rings. The summed E-state index contributed by atoms with van der Waals surface area (Å²) in [6.07, 6.45) is 0.457. The first-order valence-electron chi connectivity index (χ1n) is 7.67. The first kappa shape index (κ1) is 17.0. The number of nitrogens with two attached hydrogens (primary N) is 1. The largest absolute Gasteiger partial charge is 0.469 e. The Bertz CT molecular complexity index is 944. The van der Waals surface area contributed by atoms with Crippen LogP contribution in [-0.2, 0) is 16.0 Å². The zero-order valence-corrected chi connectivity index (χ0v) is 14.3. The number of furan rings is 1. The van der Waals surface area contributed by atoms with Crippen LogP contribution in [0.5, 0.6) is 0 Å². The number of halogens is 1. The highest BCUT2D eigenvalue weighted by molar-refractivity contribution is 6.30. The van der Waals surface area contributed by atoms with Crippen LogP contribution < -0.4 is 5.73 Å². The molecule has 25 heavy (non-hydrogen) atoms. The van der Waals surface area contributed by atoms with Gasteiger partial charge in [0.2, 0.25) is 5.78 Å². The first-order chi connectivity index (χ1) is 12.0. The molecule has 0 aliphatic rings. The third-order valence-corrected chi connectivity index (χ3v) is 4.19. The van der Waals surface area contributed by atoms with E-state index in [-0.39, 0.29) is 23.9 Å². The van der Waals surface area contributed by atoms with E-state index in [0.29, 0.717) is 33.8 Å². The smallest absolute Gasteiger partial charge is 0.305 e. The molecule has 5 nitrogen and oxygen atoms in total. The summed E-state index contributed by atoms with van der Waals surface area (Å²) in [7, 11) is 1.33. The molecule has 3 rings (SSSR count). The minimum Gasteiger partial charge on any atom is -0.469 e. The van der Waals surface area contributed by atoms with Gasteiger partial charge in [-0.25, -0.2) is 0 Å². The topological polar surface area (TPSA) is 82.5 Å². The molecule has 2 N–H and O–H groups in total. The van der Waals surface area contributed by atoms with Crippen molar-refractivity contribution in [1.82, 2.24) is 0 Å². The van der Waals surface area contributed by atoms with Crippen LogP contribution in [0.4, 0.5) is 5.69 Å². The van der Waals surface area contributed by atoms with Gasteiger partial charge in [0.25, 0.3) is 0 Å². The van der Waals surface area contributed by atoms with Crippen LogP contribution >= 0.6 is 11.6 Å². The van der Waals surface area contributed by atoms with Gasteiger partial charge in [0, 0.05) is 33.6 Å². The maximum absolute atomic E-state index is 12.9. The van der Waals surface area contributed by atoms with E-state index in [2.05, 4.69) is 4.74 Å². The van der Waals surface area contributed by atoms with E-state index in [4.69, 9.17) is 21.8 Å². The van der Waals surface area contributed by atoms with E-state index in [1.807, 2.05) is 0 Å². The Kier molecular flexibility index (Phi) is 4.76. The van der Waals surface area contributed by atoms with Crippen molar-refractivity contribution in [2.75, 3.05) is 12.8 Å². The molecular weight excluding hydrogens is 342 g/mol. The van der Waals surface area contributed by atoms with E-state index in [1.165, 1.54) is 7.11 Å². The number of rotatable bonds is 5. The van der Waals surface area contributed by atoms with Gasteiger partial charge in [-0.05, 0) is 48.9 Å². The molecule has 0 aliphatic carbocycles. The number of benzene rings is 2. The Hall–Kier alpha value is -2.79. The lowest BCUT2D eigenvalue weighted by Gasteiger charge is -2.03. The Morgan fingerprint density at radius 2 is 1.88 bits per heavy atom. The fourth-order valence-electron chi connectivity index (χ4n) is 2.66. The average Bonchev–Trinajstić information content (AvgIpc) is 2.97. The van der Waals surface area contributed by atoms with Crippen molar-refractivity contribution in [2.45, 2.75) is 12.8 Å². The summed E-state index contributed by atoms with van der Waals surface area (Å²) >= 11 is 5.88. The molecule has 0 amide bonds. The minimum atomic E-state index is -0.358. The summed E-state index contributed by atoms with van der Waals surface area (Å²) in [6.45, 7) is 0. The van der Waals surface area contributed by atoms with E-state index in [1.54, 1.807) is 42.5 Å². The maximum atomic E-state index is 12.9. The van der Waals surface area contributed by atoms with Crippen LogP contribution in [0.25, 0.3) is 11.0 Å². The van der Waals surface area contributed by atoms with E-state index < -0.39 is 0 Å². The molecule has 0 bridgehead atoms. The van der Waals surface area contributed by atoms with E-state index in [0.717, 1.165) is 5.39 Å². The number of fused-ring (bicyclic) bond motifs is 1. The number of hydrogen-bond donors (Lipinski definition) is 1. The summed E-state index contributed by atoms with van der Waals surface area (Å²) < 4.78 is 10.5. The van der Waals surface area contributed by atoms with Crippen molar-refractivity contribution < 1.29 is 18.7 Å². The summed E-state index contributed by atoms with van der Waals surface area (Å²) in [5.74, 6) is -0.429. The molecule has 1 heterocycles. The highest BCUT2D eigenvalue weighted by Gasteiger charge is 2.22. The molecule has 128 valence electrons. The van der Waals surface area contributed by atoms with Gasteiger partial charge in [-0.1, -0.05) is 11.6 Å². The Morgan fingerprint density at radius 3 is 2.56 bits per heavy atom. The molecule has 3 aromatic rings. The number of nitrogen functional groups attached to an aromatic ring is 1. The predicted molar refractivity (Wildman–Crippen MR) is 95.8 cm³/mol. The number of anilines is 1. The van der Waals surface area contributed by atoms with Gasteiger partial charge < -0.3 is 14.9 Å². The maximum Gasteiger partial charge on any atom is 0.305 e. The molecule has 0 unspecified atom stereocenters. The summed E-state index contributed by atoms with van der Waals surface area (Å²) in [4.78, 5) is 24.4. The van der Waals surface area contributed by atoms with Gasteiger partial charge in [0.1, 0.15) is 5.58 Å². The summed E-state index contributed by atoms with van der Waals surface area (Å²) in [6, 6.07) is 11.7. The quantitative estimate of drug-likeness (QED) is 0.424. The first-order valence-corrected chi connectivity index (χ1v) is 8.05. The zero-order valence-electron chi connectivity index (χ0n) is 13.5. The van der Waals surface area contributed by atoms with Crippen molar-refractivity contribution in [3.05, 3.63) is 64.4 Å². The summed E-state index contributed by atoms with van der Waals surface area (Å²) in [5, 5.41) is 1.26. The molecule has 0 saturated carbocycles. The second-order valence-electron chi connectivity index (χ2n) is 5.58. The Morgan fingerprint density at radius 1 is 1.16 bits per heavy atom. The number of esters is 1. The van der Waals surface area contributed by atoms with Gasteiger partial charge in [0.15, 0.2) is 5.76 Å². The molecule has 0 saturated heterocycles. The highest BCUT2D eigenvalue weighted by atomic mass is 35.5. The van der Waals surface area contributed by atoms with Crippen molar-refractivity contribution in [1.29, 1.82) is 0 Å². The molecule has 1 aromatic heterocycles. The van der Waals surface area contributed by atoms with Crippen molar-refractivity contribution in [3.63, 3.8) is 0 Å². The van der Waals surface area contributed by atoms with Crippen LogP contribution in [-0.4, -0.2) is 18.9 Å². The van der Waals surface area contributed by atoms with Crippen LogP contribution in [0, 0.1) is 0 Å². The molecule has 0 spiro atoms. The Balaban J connectivity index is 2.07. The molecule has 0 aliphatic heterocycles. The van der Waals surface area contributed by atoms with E-state index >= 15 is 0 Å². The second kappa shape index (κ2) is 6.99. The number of ketones is 1. The zero-order chi connectivity index (χ0) is 18.0. The molecular formula is C19H16ClNO4. The SMILES string of the molecule is COC(=O)CCc1c(C(=O)c2ccc(Cl)cc2)oc2ccc(N)cc12. The molecule has 6 heteroatoms. The minimum absolute atomic E-state index is 0.140. The van der Waals surface area contributed by atoms with Crippen molar-refractivity contribution in [2.24, 2.45) is 0 Å². The fourth-order valence-corrected chi connectivity index (χ4v) is 2.79. The highest BCUT2D eigenvalue weighted by Crippen LogP contribution is 2.30. The molecule has 2 aromatic carbocycles. The lowest BCUT2D eigenvalue weighted by molar-refractivity contribution is -0.140. The lowest BCUT2D eigenvalue weighted by Crippen LogP contribution is -2.06. The van der Waals surface area contributed by atoms with Gasteiger partial charge in [0.05, 0.1) is 7.11 Å². The number of carbonyl (C=O) groups is 2. The predicted octanol–water partition coefficient (Wildman–Crippen LogP) is 4.01. The number of methoxy groups -OCH3 is 1. The van der Waals surface area contributed by atoms with Gasteiger partial charge >= 0.3 is 5.97 Å². The van der Waals surface area contributed by atoms with Crippen molar-refractivity contribution in [3.8, 4) is 0 Å². The average molecular weight is 358 g/mol. The van der Waals surface area contributed by atoms with Crippen LogP contribution in [0.1, 0.15) is 28.1 Å².